The van der Waals surface area contributed by atoms with E-state index in [2.05, 4.69) is 30.3 Å². The van der Waals surface area contributed by atoms with Crippen molar-refractivity contribution in [1.29, 1.82) is 0 Å². The fourth-order valence-electron chi connectivity index (χ4n) is 2.22. The highest BCUT2D eigenvalue weighted by atomic mass is 16.2. The van der Waals surface area contributed by atoms with E-state index >= 15 is 0 Å². The van der Waals surface area contributed by atoms with Gasteiger partial charge in [-0.3, -0.25) is 9.48 Å². The first-order valence-corrected chi connectivity index (χ1v) is 6.07. The van der Waals surface area contributed by atoms with Crippen molar-refractivity contribution in [2.45, 2.75) is 39.7 Å². The highest BCUT2D eigenvalue weighted by Gasteiger charge is 2.25. The van der Waals surface area contributed by atoms with Crippen LogP contribution < -0.4 is 5.32 Å². The Morgan fingerprint density at radius 2 is 2.38 bits per heavy atom. The number of hydrogen-bond acceptors (Lipinski definition) is 2. The summed E-state index contributed by atoms with van der Waals surface area (Å²) < 4.78 is 2.02. The van der Waals surface area contributed by atoms with E-state index in [4.69, 9.17) is 0 Å². The van der Waals surface area contributed by atoms with Gasteiger partial charge in [0.2, 0.25) is 5.91 Å². The van der Waals surface area contributed by atoms with Crippen LogP contribution in [0.4, 0.5) is 0 Å². The van der Waals surface area contributed by atoms with Gasteiger partial charge >= 0.3 is 0 Å². The van der Waals surface area contributed by atoms with Crippen molar-refractivity contribution in [2.75, 3.05) is 6.54 Å². The number of carbonyl (C=O) groups is 1. The molecule has 0 radical (unpaired) electrons. The monoisotopic (exact) mass is 221 g/mol. The second kappa shape index (κ2) is 4.68. The molecule has 1 saturated heterocycles. The molecule has 1 aromatic heterocycles. The van der Waals surface area contributed by atoms with E-state index in [1.807, 2.05) is 4.68 Å². The number of amides is 1. The molecular formula is C12H19N3O. The fourth-order valence-corrected chi connectivity index (χ4v) is 2.22. The maximum atomic E-state index is 11.5. The number of aryl methyl sites for hydroxylation is 2. The Morgan fingerprint density at radius 1 is 1.56 bits per heavy atom. The molecule has 88 valence electrons. The summed E-state index contributed by atoms with van der Waals surface area (Å²) in [6.45, 7) is 5.90. The summed E-state index contributed by atoms with van der Waals surface area (Å²) in [4.78, 5) is 11.5. The zero-order valence-electron chi connectivity index (χ0n) is 9.99. The normalized spacial score (nSPS) is 20.1. The SMILES string of the molecule is CCc1cc(CC2CCNC2=O)n(CC)n1. The lowest BCUT2D eigenvalue weighted by molar-refractivity contribution is -0.122. The highest BCUT2D eigenvalue weighted by Crippen LogP contribution is 2.17. The maximum Gasteiger partial charge on any atom is 0.223 e. The molecule has 1 fully saturated rings. The Labute approximate surface area is 96.0 Å². The fraction of sp³-hybridized carbons (Fsp3) is 0.667. The van der Waals surface area contributed by atoms with Crippen LogP contribution in [0.5, 0.6) is 0 Å². The second-order valence-electron chi connectivity index (χ2n) is 4.28. The molecule has 4 nitrogen and oxygen atoms in total. The highest BCUT2D eigenvalue weighted by molar-refractivity contribution is 5.80. The summed E-state index contributed by atoms with van der Waals surface area (Å²) in [5.41, 5.74) is 2.32. The molecule has 1 aliphatic heterocycles. The van der Waals surface area contributed by atoms with Crippen LogP contribution in [0, 0.1) is 5.92 Å². The summed E-state index contributed by atoms with van der Waals surface area (Å²) in [7, 11) is 0. The molecule has 2 rings (SSSR count). The van der Waals surface area contributed by atoms with Gasteiger partial charge in [0.05, 0.1) is 5.69 Å². The van der Waals surface area contributed by atoms with Crippen molar-refractivity contribution in [1.82, 2.24) is 15.1 Å². The van der Waals surface area contributed by atoms with Crippen LogP contribution in [0.2, 0.25) is 0 Å². The van der Waals surface area contributed by atoms with Crippen LogP contribution in [0.25, 0.3) is 0 Å². The lowest BCUT2D eigenvalue weighted by Crippen LogP contribution is -2.21. The van der Waals surface area contributed by atoms with Gasteiger partial charge in [-0.25, -0.2) is 0 Å². The second-order valence-corrected chi connectivity index (χ2v) is 4.28. The minimum absolute atomic E-state index is 0.145. The Kier molecular flexibility index (Phi) is 3.27. The lowest BCUT2D eigenvalue weighted by Gasteiger charge is -2.08. The topological polar surface area (TPSA) is 46.9 Å². The number of rotatable bonds is 4. The first-order chi connectivity index (χ1) is 7.74. The van der Waals surface area contributed by atoms with Crippen molar-refractivity contribution in [3.63, 3.8) is 0 Å². The Morgan fingerprint density at radius 3 is 2.94 bits per heavy atom. The summed E-state index contributed by atoms with van der Waals surface area (Å²) >= 11 is 0. The third kappa shape index (κ3) is 2.10. The van der Waals surface area contributed by atoms with Gasteiger partial charge in [0.15, 0.2) is 0 Å². The number of nitrogens with zero attached hydrogens (tertiary/aromatic N) is 2. The molecule has 16 heavy (non-hydrogen) atoms. The van der Waals surface area contributed by atoms with E-state index in [0.717, 1.165) is 38.0 Å². The molecule has 1 aliphatic rings. The molecule has 2 heterocycles. The first-order valence-electron chi connectivity index (χ1n) is 6.07. The van der Waals surface area contributed by atoms with E-state index in [1.54, 1.807) is 0 Å². The predicted octanol–water partition coefficient (Wildman–Crippen LogP) is 1.14. The largest absolute Gasteiger partial charge is 0.356 e. The molecule has 0 spiro atoms. The van der Waals surface area contributed by atoms with Crippen molar-refractivity contribution < 1.29 is 4.79 Å². The number of aromatic nitrogens is 2. The smallest absolute Gasteiger partial charge is 0.223 e. The summed E-state index contributed by atoms with van der Waals surface area (Å²) in [6, 6.07) is 2.13. The molecule has 0 saturated carbocycles. The molecule has 0 aliphatic carbocycles. The average Bonchev–Trinajstić information content (AvgIpc) is 2.86. The van der Waals surface area contributed by atoms with Gasteiger partial charge in [-0.1, -0.05) is 6.92 Å². The molecule has 1 aromatic rings. The van der Waals surface area contributed by atoms with Crippen LogP contribution in [-0.2, 0) is 24.2 Å². The average molecular weight is 221 g/mol. The van der Waals surface area contributed by atoms with Crippen molar-refractivity contribution in [3.8, 4) is 0 Å². The van der Waals surface area contributed by atoms with Crippen LogP contribution >= 0.6 is 0 Å². The minimum Gasteiger partial charge on any atom is -0.356 e. The molecule has 1 unspecified atom stereocenters. The van der Waals surface area contributed by atoms with E-state index in [0.29, 0.717) is 0 Å². The minimum atomic E-state index is 0.145. The van der Waals surface area contributed by atoms with Crippen LogP contribution in [0.1, 0.15) is 31.7 Å². The molecule has 4 heteroatoms. The molecule has 1 atom stereocenters. The van der Waals surface area contributed by atoms with Crippen LogP contribution in [-0.4, -0.2) is 22.2 Å². The lowest BCUT2D eigenvalue weighted by atomic mass is 10.0. The van der Waals surface area contributed by atoms with E-state index in [1.165, 1.54) is 5.69 Å². The maximum absolute atomic E-state index is 11.5. The number of nitrogens with one attached hydrogen (secondary N) is 1. The van der Waals surface area contributed by atoms with Gasteiger partial charge in [0.25, 0.3) is 0 Å². The van der Waals surface area contributed by atoms with Gasteiger partial charge in [0.1, 0.15) is 0 Å². The Bertz CT molecular complexity index is 384. The van der Waals surface area contributed by atoms with E-state index in [9.17, 15) is 4.79 Å². The molecule has 0 bridgehead atoms. The van der Waals surface area contributed by atoms with E-state index in [-0.39, 0.29) is 11.8 Å². The van der Waals surface area contributed by atoms with Gasteiger partial charge < -0.3 is 5.32 Å². The third-order valence-corrected chi connectivity index (χ3v) is 3.19. The van der Waals surface area contributed by atoms with Gasteiger partial charge in [-0.15, -0.1) is 0 Å². The number of hydrogen-bond donors (Lipinski definition) is 1. The summed E-state index contributed by atoms with van der Waals surface area (Å²) in [5, 5.41) is 7.38. The summed E-state index contributed by atoms with van der Waals surface area (Å²) in [6.07, 6.45) is 2.73. The molecule has 1 amide bonds. The Balaban J connectivity index is 2.13. The van der Waals surface area contributed by atoms with Crippen LogP contribution in [0.3, 0.4) is 0 Å². The molecule has 1 N–H and O–H groups in total. The molecule has 0 aromatic carbocycles. The predicted molar refractivity (Wildman–Crippen MR) is 62.1 cm³/mol. The first kappa shape index (κ1) is 11.2. The number of carbonyl (C=O) groups excluding carboxylic acids is 1. The van der Waals surface area contributed by atoms with Gasteiger partial charge in [-0.05, 0) is 25.8 Å². The van der Waals surface area contributed by atoms with Gasteiger partial charge in [-0.2, -0.15) is 5.10 Å². The van der Waals surface area contributed by atoms with Crippen molar-refractivity contribution in [3.05, 3.63) is 17.5 Å². The third-order valence-electron chi connectivity index (χ3n) is 3.19. The quantitative estimate of drug-likeness (QED) is 0.829. The standard InChI is InChI=1S/C12H19N3O/c1-3-10-8-11(15(4-2)14-10)7-9-5-6-13-12(9)16/h8-9H,3-7H2,1-2H3,(H,13,16). The molecular weight excluding hydrogens is 202 g/mol. The van der Waals surface area contributed by atoms with Crippen molar-refractivity contribution in [2.24, 2.45) is 5.92 Å². The zero-order valence-corrected chi connectivity index (χ0v) is 9.99. The van der Waals surface area contributed by atoms with Crippen molar-refractivity contribution >= 4 is 5.91 Å². The summed E-state index contributed by atoms with van der Waals surface area (Å²) in [5.74, 6) is 0.341. The van der Waals surface area contributed by atoms with E-state index < -0.39 is 0 Å². The zero-order chi connectivity index (χ0) is 11.5. The van der Waals surface area contributed by atoms with Gasteiger partial charge in [0, 0.05) is 31.1 Å². The van der Waals surface area contributed by atoms with Crippen LogP contribution in [0.15, 0.2) is 6.07 Å². The Hall–Kier alpha value is -1.32.